The van der Waals surface area contributed by atoms with Gasteiger partial charge in [0, 0.05) is 16.6 Å². The maximum absolute atomic E-state index is 13.9. The topological polar surface area (TPSA) is 12.0 Å². The molecule has 1 atom stereocenters. The molecule has 1 aromatic rings. The molecule has 1 saturated carbocycles. The lowest BCUT2D eigenvalue weighted by Crippen LogP contribution is -2.38. The molecule has 1 aliphatic carbocycles. The number of rotatable bonds is 5. The van der Waals surface area contributed by atoms with E-state index in [1.165, 1.54) is 38.2 Å². The number of halogens is 2. The van der Waals surface area contributed by atoms with Crippen molar-refractivity contribution in [1.82, 2.24) is 5.32 Å². The van der Waals surface area contributed by atoms with Crippen LogP contribution in [0.1, 0.15) is 44.6 Å². The van der Waals surface area contributed by atoms with Crippen molar-refractivity contribution in [3.05, 3.63) is 34.6 Å². The van der Waals surface area contributed by atoms with E-state index in [1.807, 2.05) is 7.05 Å². The van der Waals surface area contributed by atoms with Crippen LogP contribution in [-0.4, -0.2) is 13.1 Å². The van der Waals surface area contributed by atoms with E-state index in [-0.39, 0.29) is 5.82 Å². The number of hydrogen-bond acceptors (Lipinski definition) is 1. The highest BCUT2D eigenvalue weighted by Crippen LogP contribution is 2.34. The molecule has 0 heterocycles. The Morgan fingerprint density at radius 1 is 1.30 bits per heavy atom. The molecule has 1 fully saturated rings. The van der Waals surface area contributed by atoms with Crippen molar-refractivity contribution in [1.29, 1.82) is 0 Å². The smallest absolute Gasteiger partial charge is 0.127 e. The highest BCUT2D eigenvalue weighted by atomic mass is 35.5. The van der Waals surface area contributed by atoms with E-state index in [2.05, 4.69) is 12.2 Å². The van der Waals surface area contributed by atoms with Crippen LogP contribution in [0.5, 0.6) is 0 Å². The molecule has 0 spiro atoms. The molecule has 2 rings (SSSR count). The second-order valence-corrected chi connectivity index (χ2v) is 6.40. The van der Waals surface area contributed by atoms with Crippen molar-refractivity contribution < 1.29 is 4.39 Å². The fraction of sp³-hybridized carbons (Fsp3) is 0.647. The number of nitrogens with one attached hydrogen (secondary N) is 1. The molecule has 3 heteroatoms. The van der Waals surface area contributed by atoms with Gasteiger partial charge in [0.25, 0.3) is 0 Å². The van der Waals surface area contributed by atoms with Gasteiger partial charge in [-0.15, -0.1) is 0 Å². The molecule has 112 valence electrons. The highest BCUT2D eigenvalue weighted by Gasteiger charge is 2.27. The molecule has 1 nitrogen and oxygen atoms in total. The van der Waals surface area contributed by atoms with E-state index >= 15 is 0 Å². The Balaban J connectivity index is 2.02. The van der Waals surface area contributed by atoms with Crippen LogP contribution in [0, 0.1) is 17.7 Å². The average Bonchev–Trinajstić information content (AvgIpc) is 2.47. The number of hydrogen-bond donors (Lipinski definition) is 1. The van der Waals surface area contributed by atoms with E-state index in [4.69, 9.17) is 11.6 Å². The number of likely N-dealkylation sites (N-methyl/N-ethyl adjacent to an activating group) is 1. The Morgan fingerprint density at radius 2 is 2.00 bits per heavy atom. The summed E-state index contributed by atoms with van der Waals surface area (Å²) >= 11 is 6.15. The Labute approximate surface area is 126 Å². The molecule has 0 amide bonds. The second-order valence-electron chi connectivity index (χ2n) is 5.99. The van der Waals surface area contributed by atoms with Crippen molar-refractivity contribution in [3.8, 4) is 0 Å². The first kappa shape index (κ1) is 15.8. The molecule has 1 N–H and O–H groups in total. The molecule has 0 bridgehead atoms. The van der Waals surface area contributed by atoms with Gasteiger partial charge in [-0.25, -0.2) is 4.39 Å². The largest absolute Gasteiger partial charge is 0.316 e. The van der Waals surface area contributed by atoms with Gasteiger partial charge < -0.3 is 5.32 Å². The summed E-state index contributed by atoms with van der Waals surface area (Å²) in [5.41, 5.74) is 0.658. The zero-order valence-electron chi connectivity index (χ0n) is 12.5. The Hall–Kier alpha value is -0.600. The minimum Gasteiger partial charge on any atom is -0.316 e. The summed E-state index contributed by atoms with van der Waals surface area (Å²) < 4.78 is 13.9. The predicted octanol–water partition coefficient (Wildman–Crippen LogP) is 4.83. The maximum Gasteiger partial charge on any atom is 0.127 e. The van der Waals surface area contributed by atoms with Crippen molar-refractivity contribution in [3.63, 3.8) is 0 Å². The minimum absolute atomic E-state index is 0.181. The SMILES string of the molecule is CCC1CCC(C(Cc2c(F)cccc2Cl)NC)CC1. The minimum atomic E-state index is -0.181. The summed E-state index contributed by atoms with van der Waals surface area (Å²) in [7, 11) is 1.98. The van der Waals surface area contributed by atoms with Gasteiger partial charge >= 0.3 is 0 Å². The summed E-state index contributed by atoms with van der Waals surface area (Å²) in [5, 5.41) is 3.93. The van der Waals surface area contributed by atoms with E-state index in [9.17, 15) is 4.39 Å². The average molecular weight is 298 g/mol. The quantitative estimate of drug-likeness (QED) is 0.821. The lowest BCUT2D eigenvalue weighted by molar-refractivity contribution is 0.221. The lowest BCUT2D eigenvalue weighted by atomic mass is 9.76. The normalized spacial score (nSPS) is 24.6. The molecule has 0 radical (unpaired) electrons. The molecule has 0 aliphatic heterocycles. The maximum atomic E-state index is 13.9. The first-order valence-corrected chi connectivity index (χ1v) is 8.13. The zero-order chi connectivity index (χ0) is 14.5. The van der Waals surface area contributed by atoms with Crippen molar-refractivity contribution >= 4 is 11.6 Å². The summed E-state index contributed by atoms with van der Waals surface area (Å²) in [6, 6.07) is 5.27. The third kappa shape index (κ3) is 3.73. The van der Waals surface area contributed by atoms with Gasteiger partial charge in [-0.3, -0.25) is 0 Å². The van der Waals surface area contributed by atoms with E-state index < -0.39 is 0 Å². The van der Waals surface area contributed by atoms with Gasteiger partial charge in [-0.1, -0.05) is 43.9 Å². The van der Waals surface area contributed by atoms with Crippen LogP contribution in [0.4, 0.5) is 4.39 Å². The van der Waals surface area contributed by atoms with Crippen molar-refractivity contribution in [2.45, 2.75) is 51.5 Å². The monoisotopic (exact) mass is 297 g/mol. The Bertz CT molecular complexity index is 407. The summed E-state index contributed by atoms with van der Waals surface area (Å²) in [6.45, 7) is 2.28. The van der Waals surface area contributed by atoms with Crippen LogP contribution in [0.2, 0.25) is 5.02 Å². The molecular weight excluding hydrogens is 273 g/mol. The Morgan fingerprint density at radius 3 is 2.55 bits per heavy atom. The summed E-state index contributed by atoms with van der Waals surface area (Å²) in [6.07, 6.45) is 7.08. The molecule has 1 aromatic carbocycles. The van der Waals surface area contributed by atoms with E-state index in [1.54, 1.807) is 12.1 Å². The van der Waals surface area contributed by atoms with Crippen molar-refractivity contribution in [2.75, 3.05) is 7.05 Å². The summed E-state index contributed by atoms with van der Waals surface area (Å²) in [4.78, 5) is 0. The fourth-order valence-electron chi connectivity index (χ4n) is 3.45. The molecule has 0 saturated heterocycles. The van der Waals surface area contributed by atoms with Crippen LogP contribution in [0.25, 0.3) is 0 Å². The fourth-order valence-corrected chi connectivity index (χ4v) is 3.69. The first-order chi connectivity index (χ1) is 9.65. The van der Waals surface area contributed by atoms with Crippen LogP contribution < -0.4 is 5.32 Å². The van der Waals surface area contributed by atoms with Gasteiger partial charge in [0.05, 0.1) is 0 Å². The van der Waals surface area contributed by atoms with Crippen LogP contribution in [0.15, 0.2) is 18.2 Å². The van der Waals surface area contributed by atoms with E-state index in [0.29, 0.717) is 29.0 Å². The van der Waals surface area contributed by atoms with Crippen molar-refractivity contribution in [2.24, 2.45) is 11.8 Å². The molecular formula is C17H25ClFN. The molecule has 0 aromatic heterocycles. The van der Waals surface area contributed by atoms with Gasteiger partial charge in [0.2, 0.25) is 0 Å². The van der Waals surface area contributed by atoms with Gasteiger partial charge in [0.1, 0.15) is 5.82 Å². The van der Waals surface area contributed by atoms with Gasteiger partial charge in [-0.2, -0.15) is 0 Å². The summed E-state index contributed by atoms with van der Waals surface area (Å²) in [5.74, 6) is 1.35. The zero-order valence-corrected chi connectivity index (χ0v) is 13.2. The molecule has 1 aliphatic rings. The van der Waals surface area contributed by atoms with Crippen LogP contribution in [0.3, 0.4) is 0 Å². The van der Waals surface area contributed by atoms with Crippen LogP contribution >= 0.6 is 11.6 Å². The van der Waals surface area contributed by atoms with E-state index in [0.717, 1.165) is 5.92 Å². The van der Waals surface area contributed by atoms with Crippen LogP contribution in [-0.2, 0) is 6.42 Å². The highest BCUT2D eigenvalue weighted by molar-refractivity contribution is 6.31. The van der Waals surface area contributed by atoms with Gasteiger partial charge in [0.15, 0.2) is 0 Å². The standard InChI is InChI=1S/C17H25ClFN/c1-3-12-7-9-13(10-8-12)17(20-2)11-14-15(18)5-4-6-16(14)19/h4-6,12-13,17,20H,3,7-11H2,1-2H3. The first-order valence-electron chi connectivity index (χ1n) is 7.75. The third-order valence-corrected chi connectivity index (χ3v) is 5.25. The molecule has 1 unspecified atom stereocenters. The molecule has 20 heavy (non-hydrogen) atoms. The number of benzene rings is 1. The lowest BCUT2D eigenvalue weighted by Gasteiger charge is -2.33. The third-order valence-electron chi connectivity index (χ3n) is 4.89. The van der Waals surface area contributed by atoms with Gasteiger partial charge in [-0.05, 0) is 50.3 Å². The second kappa shape index (κ2) is 7.42. The predicted molar refractivity (Wildman–Crippen MR) is 83.7 cm³/mol. The Kier molecular flexibility index (Phi) is 5.86.